The normalized spacial score (nSPS) is 11.6. The van der Waals surface area contributed by atoms with Crippen molar-refractivity contribution in [3.05, 3.63) is 64.1 Å². The molecule has 0 aromatic heterocycles. The Kier molecular flexibility index (Phi) is 9.29. The van der Waals surface area contributed by atoms with Crippen molar-refractivity contribution in [2.75, 3.05) is 13.2 Å². The second kappa shape index (κ2) is 11.7. The number of ether oxygens (including phenoxy) is 1. The molecule has 2 amide bonds. The zero-order chi connectivity index (χ0) is 21.2. The number of nitrogens with one attached hydrogen (secondary N) is 1. The molecule has 0 aliphatic rings. The van der Waals surface area contributed by atoms with Gasteiger partial charge in [0.25, 0.3) is 5.91 Å². The van der Waals surface area contributed by atoms with E-state index in [1.165, 1.54) is 4.90 Å². The monoisotopic (exact) mass is 436 g/mol. The number of halogens is 2. The van der Waals surface area contributed by atoms with Gasteiger partial charge in [-0.1, -0.05) is 61.3 Å². The Morgan fingerprint density at radius 1 is 1.07 bits per heavy atom. The number of amides is 2. The van der Waals surface area contributed by atoms with Crippen LogP contribution in [0.15, 0.2) is 48.5 Å². The van der Waals surface area contributed by atoms with Gasteiger partial charge >= 0.3 is 0 Å². The molecule has 0 spiro atoms. The van der Waals surface area contributed by atoms with Crippen LogP contribution >= 0.6 is 23.2 Å². The molecule has 0 radical (unpaired) electrons. The average Bonchev–Trinajstić information content (AvgIpc) is 2.73. The van der Waals surface area contributed by atoms with Gasteiger partial charge in [0.1, 0.15) is 11.8 Å². The Bertz CT molecular complexity index is 815. The van der Waals surface area contributed by atoms with E-state index < -0.39 is 6.04 Å². The number of benzene rings is 2. The summed E-state index contributed by atoms with van der Waals surface area (Å²) in [6.07, 6.45) is 1.30. The zero-order valence-corrected chi connectivity index (χ0v) is 18.2. The summed E-state index contributed by atoms with van der Waals surface area (Å²) >= 11 is 12.1. The molecular weight excluding hydrogens is 411 g/mol. The third kappa shape index (κ3) is 6.94. The van der Waals surface area contributed by atoms with Crippen LogP contribution in [-0.2, 0) is 16.1 Å². The van der Waals surface area contributed by atoms with E-state index in [9.17, 15) is 9.59 Å². The van der Waals surface area contributed by atoms with Gasteiger partial charge in [0, 0.05) is 13.1 Å². The number of rotatable bonds is 10. The first-order chi connectivity index (χ1) is 14.0. The van der Waals surface area contributed by atoms with Crippen molar-refractivity contribution in [2.45, 2.75) is 39.3 Å². The molecule has 5 nitrogen and oxygen atoms in total. The highest BCUT2D eigenvalue weighted by Crippen LogP contribution is 2.24. The fourth-order valence-corrected chi connectivity index (χ4v) is 3.19. The van der Waals surface area contributed by atoms with Gasteiger partial charge in [-0.25, -0.2) is 0 Å². The molecule has 29 heavy (non-hydrogen) atoms. The zero-order valence-electron chi connectivity index (χ0n) is 16.7. The van der Waals surface area contributed by atoms with Crippen molar-refractivity contribution >= 4 is 35.0 Å². The molecule has 2 aromatic rings. The minimum absolute atomic E-state index is 0.164. The number of nitrogens with zero attached hydrogens (tertiary/aromatic N) is 1. The second-order valence-electron chi connectivity index (χ2n) is 6.59. The molecule has 0 saturated heterocycles. The summed E-state index contributed by atoms with van der Waals surface area (Å²) in [4.78, 5) is 27.2. The van der Waals surface area contributed by atoms with E-state index >= 15 is 0 Å². The molecule has 0 aliphatic heterocycles. The highest BCUT2D eigenvalue weighted by molar-refractivity contribution is 6.42. The van der Waals surface area contributed by atoms with Crippen molar-refractivity contribution < 1.29 is 14.3 Å². The van der Waals surface area contributed by atoms with E-state index in [0.717, 1.165) is 12.0 Å². The minimum atomic E-state index is -0.608. The van der Waals surface area contributed by atoms with Gasteiger partial charge in [-0.15, -0.1) is 0 Å². The Morgan fingerprint density at radius 2 is 1.79 bits per heavy atom. The largest absolute Gasteiger partial charge is 0.484 e. The lowest BCUT2D eigenvalue weighted by Gasteiger charge is -2.30. The van der Waals surface area contributed by atoms with Crippen LogP contribution in [0.4, 0.5) is 0 Å². The van der Waals surface area contributed by atoms with Crippen molar-refractivity contribution in [3.8, 4) is 5.75 Å². The van der Waals surface area contributed by atoms with Crippen LogP contribution < -0.4 is 10.1 Å². The van der Waals surface area contributed by atoms with E-state index in [2.05, 4.69) is 5.32 Å². The fourth-order valence-electron chi connectivity index (χ4n) is 2.86. The van der Waals surface area contributed by atoms with E-state index in [0.29, 0.717) is 28.8 Å². The highest BCUT2D eigenvalue weighted by Gasteiger charge is 2.28. The molecular formula is C22H26Cl2N2O3. The fraction of sp³-hybridized carbons (Fsp3) is 0.364. The lowest BCUT2D eigenvalue weighted by atomic mass is 10.1. The van der Waals surface area contributed by atoms with Crippen molar-refractivity contribution in [3.63, 3.8) is 0 Å². The molecule has 0 fully saturated rings. The first-order valence-corrected chi connectivity index (χ1v) is 10.4. The van der Waals surface area contributed by atoms with E-state index in [1.807, 2.05) is 32.0 Å². The first-order valence-electron chi connectivity index (χ1n) is 9.65. The maximum Gasteiger partial charge on any atom is 0.261 e. The average molecular weight is 437 g/mol. The van der Waals surface area contributed by atoms with Crippen LogP contribution in [0.2, 0.25) is 10.0 Å². The molecule has 0 heterocycles. The van der Waals surface area contributed by atoms with Gasteiger partial charge in [-0.2, -0.15) is 0 Å². The summed E-state index contributed by atoms with van der Waals surface area (Å²) in [7, 11) is 0. The molecule has 1 unspecified atom stereocenters. The van der Waals surface area contributed by atoms with Gasteiger partial charge in [-0.05, 0) is 42.7 Å². The Hall–Kier alpha value is -2.24. The molecule has 156 valence electrons. The molecule has 2 aromatic carbocycles. The van der Waals surface area contributed by atoms with Crippen LogP contribution in [0, 0.1) is 0 Å². The predicted molar refractivity (Wildman–Crippen MR) is 116 cm³/mol. The van der Waals surface area contributed by atoms with Crippen molar-refractivity contribution in [1.29, 1.82) is 0 Å². The summed E-state index contributed by atoms with van der Waals surface area (Å²) in [6.45, 7) is 4.48. The SMILES string of the molecule is CCCNC(=O)C(CC)N(Cc1ccc(Cl)c(Cl)c1)C(=O)COc1ccccc1. The second-order valence-corrected chi connectivity index (χ2v) is 7.40. The Labute approximate surface area is 181 Å². The Balaban J connectivity index is 2.21. The predicted octanol–water partition coefficient (Wildman–Crippen LogP) is 4.71. The van der Waals surface area contributed by atoms with Gasteiger partial charge in [0.05, 0.1) is 10.0 Å². The molecule has 7 heteroatoms. The molecule has 0 aliphatic carbocycles. The maximum atomic E-state index is 13.0. The summed E-state index contributed by atoms with van der Waals surface area (Å²) in [5.41, 5.74) is 0.786. The number of carbonyl (C=O) groups excluding carboxylic acids is 2. The standard InChI is InChI=1S/C22H26Cl2N2O3/c1-3-12-25-22(28)20(4-2)26(14-16-10-11-18(23)19(24)13-16)21(27)15-29-17-8-6-5-7-9-17/h5-11,13,20H,3-4,12,14-15H2,1-2H3,(H,25,28). The van der Waals surface area contributed by atoms with Crippen LogP contribution in [0.1, 0.15) is 32.3 Å². The number of para-hydroxylation sites is 1. The van der Waals surface area contributed by atoms with Crippen LogP contribution in [0.3, 0.4) is 0 Å². The van der Waals surface area contributed by atoms with E-state index in [4.69, 9.17) is 27.9 Å². The smallest absolute Gasteiger partial charge is 0.261 e. The van der Waals surface area contributed by atoms with Gasteiger partial charge in [0.15, 0.2) is 6.61 Å². The van der Waals surface area contributed by atoms with Crippen molar-refractivity contribution in [1.82, 2.24) is 10.2 Å². The molecule has 2 rings (SSSR count). The van der Waals surface area contributed by atoms with Gasteiger partial charge in [-0.3, -0.25) is 9.59 Å². The van der Waals surface area contributed by atoms with E-state index in [1.54, 1.807) is 30.3 Å². The summed E-state index contributed by atoms with van der Waals surface area (Å²) in [5.74, 6) is 0.139. The molecule has 0 saturated carbocycles. The van der Waals surface area contributed by atoms with Gasteiger partial charge < -0.3 is 15.0 Å². The number of hydrogen-bond donors (Lipinski definition) is 1. The van der Waals surface area contributed by atoms with Crippen LogP contribution in [-0.4, -0.2) is 35.9 Å². The van der Waals surface area contributed by atoms with Crippen LogP contribution in [0.5, 0.6) is 5.75 Å². The minimum Gasteiger partial charge on any atom is -0.484 e. The molecule has 0 bridgehead atoms. The summed E-state index contributed by atoms with van der Waals surface area (Å²) in [6, 6.07) is 13.7. The highest BCUT2D eigenvalue weighted by atomic mass is 35.5. The summed E-state index contributed by atoms with van der Waals surface area (Å²) < 4.78 is 5.61. The molecule has 1 N–H and O–H groups in total. The third-order valence-corrected chi connectivity index (χ3v) is 5.12. The third-order valence-electron chi connectivity index (χ3n) is 4.38. The number of carbonyl (C=O) groups is 2. The lowest BCUT2D eigenvalue weighted by Crippen LogP contribution is -2.50. The summed E-state index contributed by atoms with van der Waals surface area (Å²) in [5, 5.41) is 3.72. The maximum absolute atomic E-state index is 13.0. The van der Waals surface area contributed by atoms with Gasteiger partial charge in [0.2, 0.25) is 5.91 Å². The molecule has 1 atom stereocenters. The Morgan fingerprint density at radius 3 is 2.41 bits per heavy atom. The van der Waals surface area contributed by atoms with E-state index in [-0.39, 0.29) is 25.0 Å². The lowest BCUT2D eigenvalue weighted by molar-refractivity contribution is -0.143. The topological polar surface area (TPSA) is 58.6 Å². The number of hydrogen-bond acceptors (Lipinski definition) is 3. The van der Waals surface area contributed by atoms with Crippen molar-refractivity contribution in [2.24, 2.45) is 0 Å². The quantitative estimate of drug-likeness (QED) is 0.586. The first kappa shape index (κ1) is 23.0. The van der Waals surface area contributed by atoms with Crippen LogP contribution in [0.25, 0.3) is 0 Å².